The molecule has 1 saturated heterocycles. The molecular formula is C22H23N3O6. The number of nitro benzene ring substituents is 1. The highest BCUT2D eigenvalue weighted by atomic mass is 16.6. The summed E-state index contributed by atoms with van der Waals surface area (Å²) < 4.78 is 11.1. The third-order valence-electron chi connectivity index (χ3n) is 5.80. The number of benzene rings is 2. The number of hydrogen-bond donors (Lipinski definition) is 0. The summed E-state index contributed by atoms with van der Waals surface area (Å²) in [6.45, 7) is 3.02. The lowest BCUT2D eigenvalue weighted by atomic mass is 10.0. The molecule has 2 aromatic rings. The van der Waals surface area contributed by atoms with Crippen molar-refractivity contribution in [3.63, 3.8) is 0 Å². The predicted octanol–water partition coefficient (Wildman–Crippen LogP) is 2.94. The molecule has 0 radical (unpaired) electrons. The molecule has 2 heterocycles. The monoisotopic (exact) mass is 425 g/mol. The molecular weight excluding hydrogens is 402 g/mol. The van der Waals surface area contributed by atoms with Crippen LogP contribution >= 0.6 is 0 Å². The fourth-order valence-electron chi connectivity index (χ4n) is 3.92. The number of rotatable bonds is 5. The van der Waals surface area contributed by atoms with Gasteiger partial charge in [0.1, 0.15) is 13.2 Å². The molecule has 0 aromatic heterocycles. The van der Waals surface area contributed by atoms with Gasteiger partial charge in [-0.2, -0.15) is 0 Å². The van der Waals surface area contributed by atoms with Crippen LogP contribution in [0.2, 0.25) is 0 Å². The fourth-order valence-corrected chi connectivity index (χ4v) is 3.92. The van der Waals surface area contributed by atoms with Gasteiger partial charge in [0.25, 0.3) is 5.69 Å². The first-order valence-electron chi connectivity index (χ1n) is 10.1. The van der Waals surface area contributed by atoms with Crippen molar-refractivity contribution in [1.82, 2.24) is 4.90 Å². The van der Waals surface area contributed by atoms with Gasteiger partial charge in [0.15, 0.2) is 11.5 Å². The fraction of sp³-hybridized carbons (Fsp3) is 0.364. The van der Waals surface area contributed by atoms with Crippen LogP contribution in [0.4, 0.5) is 11.4 Å². The van der Waals surface area contributed by atoms with Gasteiger partial charge in [-0.3, -0.25) is 19.7 Å². The van der Waals surface area contributed by atoms with E-state index >= 15 is 0 Å². The molecule has 9 heteroatoms. The second kappa shape index (κ2) is 8.25. The van der Waals surface area contributed by atoms with Crippen LogP contribution in [0, 0.1) is 16.0 Å². The Labute approximate surface area is 179 Å². The number of hydrogen-bond acceptors (Lipinski definition) is 6. The van der Waals surface area contributed by atoms with Gasteiger partial charge in [0.2, 0.25) is 11.8 Å². The molecule has 2 aromatic carbocycles. The van der Waals surface area contributed by atoms with Crippen LogP contribution in [0.25, 0.3) is 0 Å². The van der Waals surface area contributed by atoms with Crippen LogP contribution in [-0.2, 0) is 9.59 Å². The number of amides is 2. The van der Waals surface area contributed by atoms with Crippen molar-refractivity contribution in [3.8, 4) is 11.5 Å². The minimum absolute atomic E-state index is 0.0222. The summed E-state index contributed by atoms with van der Waals surface area (Å²) in [7, 11) is 1.66. The molecule has 0 spiro atoms. The van der Waals surface area contributed by atoms with E-state index in [4.69, 9.17) is 9.47 Å². The van der Waals surface area contributed by atoms with E-state index < -0.39 is 10.8 Å². The van der Waals surface area contributed by atoms with Gasteiger partial charge in [0.05, 0.1) is 16.9 Å². The topological polar surface area (TPSA) is 102 Å². The Hall–Kier alpha value is -3.62. The Kier molecular flexibility index (Phi) is 5.50. The van der Waals surface area contributed by atoms with Crippen molar-refractivity contribution in [2.45, 2.75) is 19.4 Å². The third-order valence-corrected chi connectivity index (χ3v) is 5.80. The largest absolute Gasteiger partial charge is 0.486 e. The molecule has 0 N–H and O–H groups in total. The van der Waals surface area contributed by atoms with Gasteiger partial charge in [-0.05, 0) is 24.6 Å². The highest BCUT2D eigenvalue weighted by Crippen LogP contribution is 2.36. The number of fused-ring (bicyclic) bond motifs is 1. The van der Waals surface area contributed by atoms with E-state index in [1.807, 2.05) is 6.92 Å². The smallest absolute Gasteiger partial charge is 0.269 e. The zero-order valence-electron chi connectivity index (χ0n) is 17.3. The molecule has 0 aliphatic carbocycles. The first kappa shape index (κ1) is 20.6. The Bertz CT molecular complexity index is 1040. The molecule has 0 bridgehead atoms. The van der Waals surface area contributed by atoms with E-state index in [9.17, 15) is 19.7 Å². The number of non-ortho nitro benzene ring substituents is 1. The normalized spacial score (nSPS) is 18.6. The molecule has 2 aliphatic rings. The number of anilines is 1. The van der Waals surface area contributed by atoms with Crippen LogP contribution in [0.3, 0.4) is 0 Å². The average Bonchev–Trinajstić information content (AvgIpc) is 3.18. The van der Waals surface area contributed by atoms with Crippen LogP contribution in [0.15, 0.2) is 42.5 Å². The van der Waals surface area contributed by atoms with Gasteiger partial charge < -0.3 is 19.3 Å². The Balaban J connectivity index is 1.47. The summed E-state index contributed by atoms with van der Waals surface area (Å²) in [6, 6.07) is 11.2. The van der Waals surface area contributed by atoms with E-state index in [2.05, 4.69) is 0 Å². The predicted molar refractivity (Wildman–Crippen MR) is 112 cm³/mol. The maximum absolute atomic E-state index is 13.1. The van der Waals surface area contributed by atoms with Crippen molar-refractivity contribution in [3.05, 3.63) is 58.1 Å². The SMILES string of the molecule is CC(c1cccc([N+](=O)[O-])c1)N(C)C(=O)C1CC(=O)N(c2ccc3c(c2)OCCO3)C1. The summed E-state index contributed by atoms with van der Waals surface area (Å²) in [5, 5.41) is 11.1. The van der Waals surface area contributed by atoms with Crippen molar-refractivity contribution >= 4 is 23.2 Å². The van der Waals surface area contributed by atoms with Crippen LogP contribution in [-0.4, -0.2) is 48.4 Å². The highest BCUT2D eigenvalue weighted by Gasteiger charge is 2.38. The van der Waals surface area contributed by atoms with Gasteiger partial charge in [-0.15, -0.1) is 0 Å². The summed E-state index contributed by atoms with van der Waals surface area (Å²) in [6.07, 6.45) is 0.110. The minimum Gasteiger partial charge on any atom is -0.486 e. The van der Waals surface area contributed by atoms with Crippen LogP contribution in [0.1, 0.15) is 24.9 Å². The molecule has 31 heavy (non-hydrogen) atoms. The molecule has 0 saturated carbocycles. The van der Waals surface area contributed by atoms with Gasteiger partial charge >= 0.3 is 0 Å². The number of carbonyl (C=O) groups is 2. The average molecular weight is 425 g/mol. The zero-order chi connectivity index (χ0) is 22.1. The Morgan fingerprint density at radius 1 is 1.19 bits per heavy atom. The maximum Gasteiger partial charge on any atom is 0.269 e. The Morgan fingerprint density at radius 2 is 1.94 bits per heavy atom. The number of ether oxygens (including phenoxy) is 2. The first-order valence-corrected chi connectivity index (χ1v) is 10.1. The standard InChI is InChI=1S/C22H23N3O6/c1-14(15-4-3-5-18(10-15)25(28)29)23(2)22(27)16-11-21(26)24(13-16)17-6-7-19-20(12-17)31-9-8-30-19/h3-7,10,12,14,16H,8-9,11,13H2,1-2H3. The van der Waals surface area contributed by atoms with E-state index in [-0.39, 0.29) is 36.5 Å². The van der Waals surface area contributed by atoms with Crippen molar-refractivity contribution in [2.24, 2.45) is 5.92 Å². The number of carbonyl (C=O) groups excluding carboxylic acids is 2. The summed E-state index contributed by atoms with van der Waals surface area (Å²) in [4.78, 5) is 39.5. The van der Waals surface area contributed by atoms with E-state index in [0.29, 0.717) is 36.0 Å². The maximum atomic E-state index is 13.1. The molecule has 9 nitrogen and oxygen atoms in total. The lowest BCUT2D eigenvalue weighted by Gasteiger charge is -2.28. The summed E-state index contributed by atoms with van der Waals surface area (Å²) in [5.41, 5.74) is 1.31. The second-order valence-corrected chi connectivity index (χ2v) is 7.71. The minimum atomic E-state index is -0.494. The lowest BCUT2D eigenvalue weighted by Crippen LogP contribution is -2.36. The molecule has 162 valence electrons. The highest BCUT2D eigenvalue weighted by molar-refractivity contribution is 6.00. The molecule has 2 amide bonds. The van der Waals surface area contributed by atoms with Crippen molar-refractivity contribution < 1.29 is 24.0 Å². The summed E-state index contributed by atoms with van der Waals surface area (Å²) >= 11 is 0. The summed E-state index contributed by atoms with van der Waals surface area (Å²) in [5.74, 6) is 0.424. The molecule has 2 unspecified atom stereocenters. The third kappa shape index (κ3) is 4.03. The van der Waals surface area contributed by atoms with E-state index in [0.717, 1.165) is 0 Å². The van der Waals surface area contributed by atoms with E-state index in [1.165, 1.54) is 12.1 Å². The van der Waals surface area contributed by atoms with Gasteiger partial charge in [-0.1, -0.05) is 12.1 Å². The van der Waals surface area contributed by atoms with Gasteiger partial charge in [-0.25, -0.2) is 0 Å². The lowest BCUT2D eigenvalue weighted by molar-refractivity contribution is -0.384. The quantitative estimate of drug-likeness (QED) is 0.539. The second-order valence-electron chi connectivity index (χ2n) is 7.71. The first-order chi connectivity index (χ1) is 14.8. The number of nitro groups is 1. The molecule has 1 fully saturated rings. The van der Waals surface area contributed by atoms with Gasteiger partial charge in [0, 0.05) is 43.9 Å². The van der Waals surface area contributed by atoms with Crippen molar-refractivity contribution in [1.29, 1.82) is 0 Å². The Morgan fingerprint density at radius 3 is 2.68 bits per heavy atom. The van der Waals surface area contributed by atoms with E-state index in [1.54, 1.807) is 47.2 Å². The van der Waals surface area contributed by atoms with Crippen LogP contribution < -0.4 is 14.4 Å². The van der Waals surface area contributed by atoms with Crippen molar-refractivity contribution in [2.75, 3.05) is 31.7 Å². The number of nitrogens with zero attached hydrogens (tertiary/aromatic N) is 3. The molecule has 2 aliphatic heterocycles. The molecule has 2 atom stereocenters. The zero-order valence-corrected chi connectivity index (χ0v) is 17.3. The molecule has 4 rings (SSSR count). The van der Waals surface area contributed by atoms with Crippen LogP contribution in [0.5, 0.6) is 11.5 Å².